The summed E-state index contributed by atoms with van der Waals surface area (Å²) in [6.07, 6.45) is 4.86. The molecule has 3 rings (SSSR count). The summed E-state index contributed by atoms with van der Waals surface area (Å²) >= 11 is 0. The number of methoxy groups -OCH3 is 1. The number of rotatable bonds is 4. The molecule has 2 saturated heterocycles. The molecule has 0 spiro atoms. The number of nitrogens with zero attached hydrogens (tertiary/aromatic N) is 3. The van der Waals surface area contributed by atoms with E-state index in [0.29, 0.717) is 30.5 Å². The highest BCUT2D eigenvalue weighted by Gasteiger charge is 2.40. The molecule has 2 N–H and O–H groups in total. The van der Waals surface area contributed by atoms with Gasteiger partial charge in [-0.2, -0.15) is 4.98 Å². The van der Waals surface area contributed by atoms with Crippen LogP contribution in [0.3, 0.4) is 0 Å². The van der Waals surface area contributed by atoms with E-state index in [-0.39, 0.29) is 6.04 Å². The van der Waals surface area contributed by atoms with E-state index in [1.807, 2.05) is 0 Å². The Balaban J connectivity index is 1.70. The van der Waals surface area contributed by atoms with E-state index >= 15 is 0 Å². The SMILES string of the molecule is COCC(N)c1nc(C2CC3CCC(C2)N3C)no1. The van der Waals surface area contributed by atoms with Gasteiger partial charge in [-0.25, -0.2) is 0 Å². The van der Waals surface area contributed by atoms with Crippen LogP contribution >= 0.6 is 0 Å². The van der Waals surface area contributed by atoms with Gasteiger partial charge in [0.15, 0.2) is 5.82 Å². The first-order valence-electron chi connectivity index (χ1n) is 6.99. The maximum Gasteiger partial charge on any atom is 0.245 e. The molecule has 0 aromatic carbocycles. The average molecular weight is 266 g/mol. The van der Waals surface area contributed by atoms with Crippen LogP contribution in [0.2, 0.25) is 0 Å². The van der Waals surface area contributed by atoms with Crippen molar-refractivity contribution in [2.45, 2.75) is 49.7 Å². The third-order valence-corrected chi connectivity index (χ3v) is 4.58. The van der Waals surface area contributed by atoms with Gasteiger partial charge < -0.3 is 19.9 Å². The van der Waals surface area contributed by atoms with Gasteiger partial charge >= 0.3 is 0 Å². The lowest BCUT2D eigenvalue weighted by Gasteiger charge is -2.34. The molecule has 19 heavy (non-hydrogen) atoms. The van der Waals surface area contributed by atoms with E-state index in [4.69, 9.17) is 15.0 Å². The fourth-order valence-corrected chi connectivity index (χ4v) is 3.44. The van der Waals surface area contributed by atoms with Gasteiger partial charge in [0.05, 0.1) is 6.61 Å². The smallest absolute Gasteiger partial charge is 0.245 e. The normalized spacial score (nSPS) is 32.7. The number of ether oxygens (including phenoxy) is 1. The molecule has 0 radical (unpaired) electrons. The highest BCUT2D eigenvalue weighted by molar-refractivity contribution is 5.06. The summed E-state index contributed by atoms with van der Waals surface area (Å²) in [5.41, 5.74) is 5.91. The van der Waals surface area contributed by atoms with E-state index in [2.05, 4.69) is 22.1 Å². The van der Waals surface area contributed by atoms with Gasteiger partial charge in [-0.15, -0.1) is 0 Å². The monoisotopic (exact) mass is 266 g/mol. The molecule has 6 heteroatoms. The van der Waals surface area contributed by atoms with Gasteiger partial charge in [-0.05, 0) is 32.7 Å². The van der Waals surface area contributed by atoms with Gasteiger partial charge in [0.1, 0.15) is 6.04 Å². The summed E-state index contributed by atoms with van der Waals surface area (Å²) < 4.78 is 10.3. The fraction of sp³-hybridized carbons (Fsp3) is 0.846. The van der Waals surface area contributed by atoms with Crippen LogP contribution in [0, 0.1) is 0 Å². The maximum absolute atomic E-state index is 5.91. The molecule has 3 atom stereocenters. The molecule has 3 unspecified atom stereocenters. The van der Waals surface area contributed by atoms with Crippen LogP contribution in [0.25, 0.3) is 0 Å². The Kier molecular flexibility index (Phi) is 3.56. The molecule has 2 fully saturated rings. The molecular weight excluding hydrogens is 244 g/mol. The van der Waals surface area contributed by atoms with Gasteiger partial charge in [0.25, 0.3) is 0 Å². The molecule has 2 aliphatic heterocycles. The largest absolute Gasteiger partial charge is 0.383 e. The minimum atomic E-state index is -0.325. The first-order valence-corrected chi connectivity index (χ1v) is 6.99. The van der Waals surface area contributed by atoms with Crippen LogP contribution in [-0.2, 0) is 4.74 Å². The van der Waals surface area contributed by atoms with Crippen molar-refractivity contribution >= 4 is 0 Å². The topological polar surface area (TPSA) is 77.4 Å². The lowest BCUT2D eigenvalue weighted by molar-refractivity contribution is 0.157. The van der Waals surface area contributed by atoms with E-state index in [1.165, 1.54) is 12.8 Å². The van der Waals surface area contributed by atoms with Crippen LogP contribution in [0.15, 0.2) is 4.52 Å². The molecule has 6 nitrogen and oxygen atoms in total. The minimum absolute atomic E-state index is 0.325. The number of aromatic nitrogens is 2. The third kappa shape index (κ3) is 2.40. The lowest BCUT2D eigenvalue weighted by atomic mass is 9.90. The Bertz CT molecular complexity index is 422. The highest BCUT2D eigenvalue weighted by atomic mass is 16.5. The summed E-state index contributed by atoms with van der Waals surface area (Å²) in [5.74, 6) is 1.73. The molecule has 1 aromatic heterocycles. The van der Waals surface area contributed by atoms with Crippen molar-refractivity contribution < 1.29 is 9.26 Å². The fourth-order valence-electron chi connectivity index (χ4n) is 3.44. The molecule has 1 aromatic rings. The average Bonchev–Trinajstić information content (AvgIpc) is 2.93. The molecule has 2 bridgehead atoms. The Morgan fingerprint density at radius 1 is 1.42 bits per heavy atom. The second kappa shape index (κ2) is 5.19. The predicted octanol–water partition coefficient (Wildman–Crippen LogP) is 1.06. The second-order valence-electron chi connectivity index (χ2n) is 5.77. The Morgan fingerprint density at radius 2 is 2.11 bits per heavy atom. The Morgan fingerprint density at radius 3 is 2.74 bits per heavy atom. The number of fused-ring (bicyclic) bond motifs is 2. The third-order valence-electron chi connectivity index (χ3n) is 4.58. The summed E-state index contributed by atoms with van der Waals surface area (Å²) in [7, 11) is 3.85. The molecule has 0 aliphatic carbocycles. The van der Waals surface area contributed by atoms with Gasteiger partial charge in [0.2, 0.25) is 5.89 Å². The van der Waals surface area contributed by atoms with Crippen molar-refractivity contribution in [1.29, 1.82) is 0 Å². The second-order valence-corrected chi connectivity index (χ2v) is 5.77. The van der Waals surface area contributed by atoms with E-state index in [0.717, 1.165) is 18.7 Å². The molecule has 2 aliphatic rings. The zero-order valence-electron chi connectivity index (χ0n) is 11.6. The summed E-state index contributed by atoms with van der Waals surface area (Å²) in [6.45, 7) is 0.403. The molecule has 3 heterocycles. The standard InChI is InChI=1S/C13H22N4O2/c1-17-9-3-4-10(17)6-8(5-9)12-15-13(19-16-12)11(14)7-18-2/h8-11H,3-7,14H2,1-2H3. The number of nitrogens with two attached hydrogens (primary N) is 1. The van der Waals surface area contributed by atoms with Crippen molar-refractivity contribution in [3.05, 3.63) is 11.7 Å². The molecular formula is C13H22N4O2. The molecule has 0 saturated carbocycles. The Hall–Kier alpha value is -0.980. The Labute approximate surface area is 113 Å². The van der Waals surface area contributed by atoms with Crippen molar-refractivity contribution in [3.8, 4) is 0 Å². The minimum Gasteiger partial charge on any atom is -0.383 e. The lowest BCUT2D eigenvalue weighted by Crippen LogP contribution is -2.39. The van der Waals surface area contributed by atoms with Crippen molar-refractivity contribution in [2.24, 2.45) is 5.73 Å². The number of hydrogen-bond donors (Lipinski definition) is 1. The van der Waals surface area contributed by atoms with Crippen LogP contribution in [-0.4, -0.2) is 47.9 Å². The quantitative estimate of drug-likeness (QED) is 0.878. The maximum atomic E-state index is 5.91. The van der Waals surface area contributed by atoms with Crippen LogP contribution in [0.4, 0.5) is 0 Å². The first-order chi connectivity index (χ1) is 9.19. The van der Waals surface area contributed by atoms with Crippen molar-refractivity contribution in [1.82, 2.24) is 15.0 Å². The van der Waals surface area contributed by atoms with Gasteiger partial charge in [0, 0.05) is 25.1 Å². The van der Waals surface area contributed by atoms with Crippen LogP contribution in [0.5, 0.6) is 0 Å². The van der Waals surface area contributed by atoms with Crippen LogP contribution < -0.4 is 5.73 Å². The summed E-state index contributed by atoms with van der Waals surface area (Å²) in [6, 6.07) is 1.03. The van der Waals surface area contributed by atoms with Crippen molar-refractivity contribution in [2.75, 3.05) is 20.8 Å². The first kappa shape index (κ1) is 13.0. The van der Waals surface area contributed by atoms with Gasteiger partial charge in [-0.1, -0.05) is 5.16 Å². The van der Waals surface area contributed by atoms with Gasteiger partial charge in [-0.3, -0.25) is 0 Å². The summed E-state index contributed by atoms with van der Waals surface area (Å²) in [4.78, 5) is 6.98. The van der Waals surface area contributed by atoms with Crippen molar-refractivity contribution in [3.63, 3.8) is 0 Å². The number of hydrogen-bond acceptors (Lipinski definition) is 6. The summed E-state index contributed by atoms with van der Waals surface area (Å²) in [5, 5.41) is 4.12. The van der Waals surface area contributed by atoms with E-state index < -0.39 is 0 Å². The van der Waals surface area contributed by atoms with E-state index in [9.17, 15) is 0 Å². The molecule has 106 valence electrons. The van der Waals surface area contributed by atoms with E-state index in [1.54, 1.807) is 7.11 Å². The molecule has 0 amide bonds. The number of piperidine rings is 1. The zero-order valence-corrected chi connectivity index (χ0v) is 11.6. The van der Waals surface area contributed by atoms with Crippen LogP contribution in [0.1, 0.15) is 49.4 Å². The predicted molar refractivity (Wildman–Crippen MR) is 69.7 cm³/mol. The zero-order chi connectivity index (χ0) is 13.4. The highest BCUT2D eigenvalue weighted by Crippen LogP contribution is 2.41.